The number of benzene rings is 1. The molecule has 2 N–H and O–H groups in total. The molecule has 132 valence electrons. The Labute approximate surface area is 151 Å². The van der Waals surface area contributed by atoms with E-state index in [1.165, 1.54) is 0 Å². The van der Waals surface area contributed by atoms with Gasteiger partial charge < -0.3 is 5.32 Å². The van der Waals surface area contributed by atoms with Crippen molar-refractivity contribution in [2.75, 3.05) is 15.8 Å². The molecule has 5 nitrogen and oxygen atoms in total. The summed E-state index contributed by atoms with van der Waals surface area (Å²) in [7, 11) is -3.30. The van der Waals surface area contributed by atoms with E-state index in [2.05, 4.69) is 26.0 Å². The van der Waals surface area contributed by atoms with Gasteiger partial charge in [0, 0.05) is 10.5 Å². The summed E-state index contributed by atoms with van der Waals surface area (Å²) < 4.78 is 25.9. The predicted octanol–water partition coefficient (Wildman–Crippen LogP) is 3.65. The fraction of sp³-hybridized carbons (Fsp3) is 0.588. The lowest BCUT2D eigenvalue weighted by atomic mass is 9.83. The standard InChI is InChI=1S/C17H23BrN2O3S/c1-3-24(22,23)20-14-5-4-13(8-11(14)2)19-16(21)17-7-6-12(10-17)9-15(17)18/h4-5,8,12,15,20H,3,6-7,9-10H2,1-2H3,(H,19,21)/t12-,15+,17+/m1/s1. The molecule has 0 saturated heterocycles. The third kappa shape index (κ3) is 3.20. The second kappa shape index (κ2) is 6.33. The second-order valence-corrected chi connectivity index (χ2v) is 10.1. The van der Waals surface area contributed by atoms with Gasteiger partial charge >= 0.3 is 0 Å². The first kappa shape index (κ1) is 17.7. The summed E-state index contributed by atoms with van der Waals surface area (Å²) >= 11 is 3.70. The molecule has 0 radical (unpaired) electrons. The number of nitrogens with one attached hydrogen (secondary N) is 2. The van der Waals surface area contributed by atoms with Crippen LogP contribution in [0.5, 0.6) is 0 Å². The molecule has 2 aliphatic rings. The molecule has 0 aromatic heterocycles. The molecular weight excluding hydrogens is 392 g/mol. The Bertz CT molecular complexity index is 765. The number of fused-ring (bicyclic) bond motifs is 2. The summed E-state index contributed by atoms with van der Waals surface area (Å²) in [5, 5.41) is 3.03. The molecule has 0 spiro atoms. The largest absolute Gasteiger partial charge is 0.326 e. The van der Waals surface area contributed by atoms with Crippen LogP contribution in [0.1, 0.15) is 38.2 Å². The molecule has 2 fully saturated rings. The van der Waals surface area contributed by atoms with Crippen molar-refractivity contribution in [3.63, 3.8) is 0 Å². The lowest BCUT2D eigenvalue weighted by Gasteiger charge is -2.30. The number of carbonyl (C=O) groups is 1. The molecule has 3 atom stereocenters. The van der Waals surface area contributed by atoms with E-state index in [0.29, 0.717) is 17.3 Å². The Morgan fingerprint density at radius 3 is 2.71 bits per heavy atom. The molecule has 3 rings (SSSR count). The first-order valence-electron chi connectivity index (χ1n) is 8.32. The maximum Gasteiger partial charge on any atom is 0.232 e. The Morgan fingerprint density at radius 2 is 2.17 bits per heavy atom. The van der Waals surface area contributed by atoms with Gasteiger partial charge in [0.05, 0.1) is 16.9 Å². The van der Waals surface area contributed by atoms with Gasteiger partial charge in [0.2, 0.25) is 15.9 Å². The van der Waals surface area contributed by atoms with Crippen molar-refractivity contribution in [1.29, 1.82) is 0 Å². The normalized spacial score (nSPS) is 28.8. The minimum atomic E-state index is -3.30. The first-order valence-corrected chi connectivity index (χ1v) is 10.9. The second-order valence-electron chi connectivity index (χ2n) is 6.96. The maximum atomic E-state index is 12.8. The topological polar surface area (TPSA) is 75.3 Å². The van der Waals surface area contributed by atoms with E-state index >= 15 is 0 Å². The molecular formula is C17H23BrN2O3S. The van der Waals surface area contributed by atoms with Crippen molar-refractivity contribution in [1.82, 2.24) is 0 Å². The van der Waals surface area contributed by atoms with Crippen molar-refractivity contribution in [2.24, 2.45) is 11.3 Å². The number of anilines is 2. The zero-order chi connectivity index (χ0) is 17.5. The summed E-state index contributed by atoms with van der Waals surface area (Å²) in [6, 6.07) is 5.26. The zero-order valence-corrected chi connectivity index (χ0v) is 16.3. The van der Waals surface area contributed by atoms with Crippen LogP contribution in [0.15, 0.2) is 18.2 Å². The van der Waals surface area contributed by atoms with Gasteiger partial charge in [-0.2, -0.15) is 0 Å². The number of sulfonamides is 1. The summed E-state index contributed by atoms with van der Waals surface area (Å²) in [6.45, 7) is 3.43. The van der Waals surface area contributed by atoms with Crippen LogP contribution in [-0.4, -0.2) is 24.9 Å². The molecule has 2 saturated carbocycles. The van der Waals surface area contributed by atoms with Crippen LogP contribution in [0, 0.1) is 18.3 Å². The molecule has 24 heavy (non-hydrogen) atoms. The third-order valence-electron chi connectivity index (χ3n) is 5.37. The number of halogens is 1. The average molecular weight is 415 g/mol. The lowest BCUT2D eigenvalue weighted by molar-refractivity contribution is -0.124. The van der Waals surface area contributed by atoms with E-state index in [-0.39, 0.29) is 21.9 Å². The van der Waals surface area contributed by atoms with Crippen LogP contribution in [0.2, 0.25) is 0 Å². The highest BCUT2D eigenvalue weighted by Gasteiger charge is 2.55. The lowest BCUT2D eigenvalue weighted by Crippen LogP contribution is -2.39. The molecule has 0 unspecified atom stereocenters. The van der Waals surface area contributed by atoms with Gasteiger partial charge in [-0.25, -0.2) is 8.42 Å². The van der Waals surface area contributed by atoms with Gasteiger partial charge in [-0.1, -0.05) is 15.9 Å². The number of hydrogen-bond donors (Lipinski definition) is 2. The highest BCUT2D eigenvalue weighted by Crippen LogP contribution is 2.57. The van der Waals surface area contributed by atoms with Gasteiger partial charge in [0.1, 0.15) is 0 Å². The van der Waals surface area contributed by atoms with E-state index in [4.69, 9.17) is 0 Å². The van der Waals surface area contributed by atoms with Gasteiger partial charge in [0.25, 0.3) is 0 Å². The monoisotopic (exact) mass is 414 g/mol. The highest BCUT2D eigenvalue weighted by atomic mass is 79.9. The van der Waals surface area contributed by atoms with Crippen molar-refractivity contribution in [3.8, 4) is 0 Å². The van der Waals surface area contributed by atoms with Crippen LogP contribution >= 0.6 is 15.9 Å². The van der Waals surface area contributed by atoms with Crippen molar-refractivity contribution in [2.45, 2.75) is 44.4 Å². The minimum Gasteiger partial charge on any atom is -0.326 e. The van der Waals surface area contributed by atoms with E-state index in [1.54, 1.807) is 19.1 Å². The molecule has 7 heteroatoms. The molecule has 2 bridgehead atoms. The summed E-state index contributed by atoms with van der Waals surface area (Å²) in [5.41, 5.74) is 1.75. The fourth-order valence-corrected chi connectivity index (χ4v) is 5.75. The van der Waals surface area contributed by atoms with Crippen LogP contribution < -0.4 is 10.0 Å². The number of alkyl halides is 1. The number of carbonyl (C=O) groups excluding carboxylic acids is 1. The Morgan fingerprint density at radius 1 is 1.42 bits per heavy atom. The summed E-state index contributed by atoms with van der Waals surface area (Å²) in [5.74, 6) is 0.764. The van der Waals surface area contributed by atoms with E-state index in [9.17, 15) is 13.2 Å². The zero-order valence-electron chi connectivity index (χ0n) is 13.9. The number of aryl methyl sites for hydroxylation is 1. The van der Waals surface area contributed by atoms with E-state index in [0.717, 1.165) is 31.2 Å². The predicted molar refractivity (Wildman–Crippen MR) is 100.0 cm³/mol. The maximum absolute atomic E-state index is 12.8. The smallest absolute Gasteiger partial charge is 0.232 e. The van der Waals surface area contributed by atoms with Gasteiger partial charge in [-0.3, -0.25) is 9.52 Å². The number of rotatable bonds is 5. The SMILES string of the molecule is CCS(=O)(=O)Nc1ccc(NC(=O)[C@]23CC[C@H](C[C@@H]2Br)C3)cc1C. The highest BCUT2D eigenvalue weighted by molar-refractivity contribution is 9.09. The van der Waals surface area contributed by atoms with E-state index < -0.39 is 10.0 Å². The van der Waals surface area contributed by atoms with Crippen LogP contribution in [0.4, 0.5) is 11.4 Å². The van der Waals surface area contributed by atoms with E-state index in [1.807, 2.05) is 13.0 Å². The molecule has 1 aromatic carbocycles. The molecule has 0 heterocycles. The Hall–Kier alpha value is -1.08. The fourth-order valence-electron chi connectivity index (χ4n) is 3.88. The van der Waals surface area contributed by atoms with Crippen LogP contribution in [-0.2, 0) is 14.8 Å². The molecule has 0 aliphatic heterocycles. The van der Waals surface area contributed by atoms with Crippen molar-refractivity contribution in [3.05, 3.63) is 23.8 Å². The summed E-state index contributed by atoms with van der Waals surface area (Å²) in [6.07, 6.45) is 4.10. The van der Waals surface area contributed by atoms with Crippen molar-refractivity contribution < 1.29 is 13.2 Å². The Kier molecular flexibility index (Phi) is 4.68. The first-order chi connectivity index (χ1) is 11.3. The van der Waals surface area contributed by atoms with Gasteiger partial charge in [-0.05, 0) is 69.2 Å². The molecule has 2 aliphatic carbocycles. The quantitative estimate of drug-likeness (QED) is 0.721. The van der Waals surface area contributed by atoms with Gasteiger partial charge in [-0.15, -0.1) is 0 Å². The van der Waals surface area contributed by atoms with Crippen LogP contribution in [0.3, 0.4) is 0 Å². The molecule has 1 amide bonds. The minimum absolute atomic E-state index is 0.0290. The van der Waals surface area contributed by atoms with Crippen molar-refractivity contribution >= 4 is 43.2 Å². The average Bonchev–Trinajstić information content (AvgIpc) is 3.08. The van der Waals surface area contributed by atoms with Gasteiger partial charge in [0.15, 0.2) is 0 Å². The molecule has 1 aromatic rings. The third-order valence-corrected chi connectivity index (χ3v) is 7.91. The van der Waals surface area contributed by atoms with Crippen LogP contribution in [0.25, 0.3) is 0 Å². The Balaban J connectivity index is 1.74. The number of amides is 1. The number of hydrogen-bond acceptors (Lipinski definition) is 3. The summed E-state index contributed by atoms with van der Waals surface area (Å²) in [4.78, 5) is 13.1.